The first kappa shape index (κ1) is 18.7. The van der Waals surface area contributed by atoms with Crippen molar-refractivity contribution in [3.05, 3.63) is 76.9 Å². The van der Waals surface area contributed by atoms with E-state index in [1.807, 2.05) is 0 Å². The normalized spacial score (nSPS) is 13.0. The standard InChI is InChI=1S/C20H15N3O5S/c21-10-5-7-11(8-6-10)23-14-9-15(29(26,27)28)18(22)17-16(14)19(24)12-3-1-2-4-13(12)20(17)25/h1-9,23H,21-22H2,(H,26,27,28). The Morgan fingerprint density at radius 1 is 0.828 bits per heavy atom. The van der Waals surface area contributed by atoms with Crippen molar-refractivity contribution in [2.24, 2.45) is 0 Å². The number of hydrogen-bond acceptors (Lipinski definition) is 7. The molecular formula is C20H15N3O5S. The van der Waals surface area contributed by atoms with Crippen LogP contribution >= 0.6 is 0 Å². The Kier molecular flexibility index (Phi) is 4.14. The summed E-state index contributed by atoms with van der Waals surface area (Å²) in [4.78, 5) is 25.5. The van der Waals surface area contributed by atoms with Crippen molar-refractivity contribution in [2.45, 2.75) is 4.90 Å². The first-order valence-electron chi connectivity index (χ1n) is 8.43. The summed E-state index contributed by atoms with van der Waals surface area (Å²) < 4.78 is 33.3. The van der Waals surface area contributed by atoms with E-state index >= 15 is 0 Å². The molecule has 0 atom stereocenters. The Morgan fingerprint density at radius 3 is 1.93 bits per heavy atom. The number of nitrogens with two attached hydrogens (primary N) is 2. The van der Waals surface area contributed by atoms with Crippen molar-refractivity contribution in [1.82, 2.24) is 0 Å². The van der Waals surface area contributed by atoms with Crippen LogP contribution < -0.4 is 16.8 Å². The van der Waals surface area contributed by atoms with Crippen molar-refractivity contribution in [2.75, 3.05) is 16.8 Å². The van der Waals surface area contributed by atoms with Crippen LogP contribution in [0.15, 0.2) is 59.5 Å². The Hall–Kier alpha value is -3.69. The smallest absolute Gasteiger partial charge is 0.296 e. The summed E-state index contributed by atoms with van der Waals surface area (Å²) in [6, 6.07) is 13.7. The molecule has 29 heavy (non-hydrogen) atoms. The highest BCUT2D eigenvalue weighted by Crippen LogP contribution is 2.40. The maximum Gasteiger partial charge on any atom is 0.296 e. The van der Waals surface area contributed by atoms with E-state index in [4.69, 9.17) is 11.5 Å². The van der Waals surface area contributed by atoms with Crippen molar-refractivity contribution in [3.8, 4) is 0 Å². The lowest BCUT2D eigenvalue weighted by molar-refractivity contribution is 0.0980. The molecule has 0 radical (unpaired) electrons. The minimum atomic E-state index is -4.76. The first-order valence-corrected chi connectivity index (χ1v) is 9.87. The minimum absolute atomic E-state index is 0.0273. The summed E-state index contributed by atoms with van der Waals surface area (Å²) in [5.41, 5.74) is 12.1. The van der Waals surface area contributed by atoms with E-state index in [0.29, 0.717) is 11.4 Å². The van der Waals surface area contributed by atoms with E-state index in [1.54, 1.807) is 36.4 Å². The molecule has 0 aromatic heterocycles. The number of carbonyl (C=O) groups excluding carboxylic acids is 2. The SMILES string of the molecule is Nc1ccc(Nc2cc(S(=O)(=O)O)c(N)c3c2C(=O)c2ccccc2C3=O)cc1. The number of carbonyl (C=O) groups is 2. The van der Waals surface area contributed by atoms with Gasteiger partial charge in [-0.3, -0.25) is 14.1 Å². The Balaban J connectivity index is 2.02. The molecule has 0 unspecified atom stereocenters. The molecule has 0 saturated carbocycles. The number of benzene rings is 3. The largest absolute Gasteiger partial charge is 0.399 e. The van der Waals surface area contributed by atoms with E-state index in [9.17, 15) is 22.6 Å². The highest BCUT2D eigenvalue weighted by molar-refractivity contribution is 7.86. The molecule has 4 rings (SSSR count). The molecule has 3 aromatic carbocycles. The maximum absolute atomic E-state index is 13.2. The zero-order chi connectivity index (χ0) is 20.9. The molecular weight excluding hydrogens is 394 g/mol. The monoisotopic (exact) mass is 409 g/mol. The lowest BCUT2D eigenvalue weighted by Crippen LogP contribution is -2.25. The van der Waals surface area contributed by atoms with Crippen LogP contribution in [0.3, 0.4) is 0 Å². The molecule has 0 heterocycles. The van der Waals surface area contributed by atoms with Gasteiger partial charge in [0, 0.05) is 22.5 Å². The van der Waals surface area contributed by atoms with E-state index in [2.05, 4.69) is 5.32 Å². The number of fused-ring (bicyclic) bond motifs is 2. The van der Waals surface area contributed by atoms with Gasteiger partial charge in [0.05, 0.1) is 22.5 Å². The van der Waals surface area contributed by atoms with Gasteiger partial charge in [0.15, 0.2) is 11.6 Å². The molecule has 0 amide bonds. The first-order chi connectivity index (χ1) is 13.7. The molecule has 0 saturated heterocycles. The molecule has 146 valence electrons. The molecule has 8 nitrogen and oxygen atoms in total. The quantitative estimate of drug-likeness (QED) is 0.297. The van der Waals surface area contributed by atoms with Gasteiger partial charge in [0.1, 0.15) is 4.90 Å². The lowest BCUT2D eigenvalue weighted by atomic mass is 9.82. The Labute approximate surface area is 165 Å². The van der Waals surface area contributed by atoms with Gasteiger partial charge < -0.3 is 16.8 Å². The van der Waals surface area contributed by atoms with Crippen LogP contribution in [-0.4, -0.2) is 24.5 Å². The van der Waals surface area contributed by atoms with Crippen molar-refractivity contribution < 1.29 is 22.6 Å². The molecule has 1 aliphatic rings. The fourth-order valence-corrected chi connectivity index (χ4v) is 3.97. The summed E-state index contributed by atoms with van der Waals surface area (Å²) in [5, 5.41) is 2.92. The Bertz CT molecular complexity index is 1300. The minimum Gasteiger partial charge on any atom is -0.399 e. The fourth-order valence-electron chi connectivity index (χ4n) is 3.33. The molecule has 0 bridgehead atoms. The number of rotatable bonds is 3. The third-order valence-corrected chi connectivity index (χ3v) is 5.56. The average molecular weight is 409 g/mol. The van der Waals surface area contributed by atoms with Crippen LogP contribution in [0, 0.1) is 0 Å². The topological polar surface area (TPSA) is 153 Å². The van der Waals surface area contributed by atoms with E-state index < -0.39 is 32.3 Å². The highest BCUT2D eigenvalue weighted by Gasteiger charge is 2.36. The number of hydrogen-bond donors (Lipinski definition) is 4. The zero-order valence-electron chi connectivity index (χ0n) is 14.8. The van der Waals surface area contributed by atoms with Crippen LogP contribution in [-0.2, 0) is 10.1 Å². The van der Waals surface area contributed by atoms with Crippen molar-refractivity contribution in [1.29, 1.82) is 0 Å². The highest BCUT2D eigenvalue weighted by atomic mass is 32.2. The predicted molar refractivity (Wildman–Crippen MR) is 108 cm³/mol. The van der Waals surface area contributed by atoms with Crippen LogP contribution in [0.4, 0.5) is 22.7 Å². The van der Waals surface area contributed by atoms with Crippen LogP contribution in [0.2, 0.25) is 0 Å². The second kappa shape index (κ2) is 6.43. The second-order valence-corrected chi connectivity index (χ2v) is 7.90. The van der Waals surface area contributed by atoms with Gasteiger partial charge in [-0.25, -0.2) is 0 Å². The molecule has 1 aliphatic carbocycles. The van der Waals surface area contributed by atoms with Crippen LogP contribution in [0.5, 0.6) is 0 Å². The zero-order valence-corrected chi connectivity index (χ0v) is 15.7. The molecule has 0 spiro atoms. The van der Waals surface area contributed by atoms with Gasteiger partial charge in [-0.15, -0.1) is 0 Å². The van der Waals surface area contributed by atoms with Crippen LogP contribution in [0.25, 0.3) is 0 Å². The lowest BCUT2D eigenvalue weighted by Gasteiger charge is -2.23. The molecule has 6 N–H and O–H groups in total. The van der Waals surface area contributed by atoms with E-state index in [0.717, 1.165) is 6.07 Å². The van der Waals surface area contributed by atoms with Gasteiger partial charge in [-0.1, -0.05) is 24.3 Å². The molecule has 9 heteroatoms. The third-order valence-electron chi connectivity index (χ3n) is 4.67. The van der Waals surface area contributed by atoms with Crippen molar-refractivity contribution in [3.63, 3.8) is 0 Å². The summed E-state index contributed by atoms with van der Waals surface area (Å²) in [5.74, 6) is -1.08. The van der Waals surface area contributed by atoms with Gasteiger partial charge >= 0.3 is 0 Å². The summed E-state index contributed by atoms with van der Waals surface area (Å²) in [7, 11) is -4.76. The van der Waals surface area contributed by atoms with Gasteiger partial charge in [-0.05, 0) is 30.3 Å². The second-order valence-electron chi connectivity index (χ2n) is 6.51. The number of nitrogen functional groups attached to an aromatic ring is 2. The van der Waals surface area contributed by atoms with Gasteiger partial charge in [-0.2, -0.15) is 8.42 Å². The number of anilines is 4. The maximum atomic E-state index is 13.2. The summed E-state index contributed by atoms with van der Waals surface area (Å²) in [6.45, 7) is 0. The average Bonchev–Trinajstić information content (AvgIpc) is 2.68. The van der Waals surface area contributed by atoms with Crippen molar-refractivity contribution >= 4 is 44.4 Å². The molecule has 3 aromatic rings. The Morgan fingerprint density at radius 2 is 1.38 bits per heavy atom. The number of ketones is 2. The molecule has 0 fully saturated rings. The predicted octanol–water partition coefficient (Wildman–Crippen LogP) is 2.62. The summed E-state index contributed by atoms with van der Waals surface area (Å²) in [6.07, 6.45) is 0. The van der Waals surface area contributed by atoms with E-state index in [-0.39, 0.29) is 27.9 Å². The van der Waals surface area contributed by atoms with Gasteiger partial charge in [0.25, 0.3) is 10.1 Å². The third kappa shape index (κ3) is 3.02. The van der Waals surface area contributed by atoms with Crippen LogP contribution in [0.1, 0.15) is 31.8 Å². The fraction of sp³-hybridized carbons (Fsp3) is 0. The van der Waals surface area contributed by atoms with E-state index in [1.165, 1.54) is 12.1 Å². The molecule has 0 aliphatic heterocycles. The van der Waals surface area contributed by atoms with Gasteiger partial charge in [0.2, 0.25) is 0 Å². The summed E-state index contributed by atoms with van der Waals surface area (Å²) >= 11 is 0. The number of nitrogens with one attached hydrogen (secondary N) is 1.